The van der Waals surface area contributed by atoms with Crippen molar-refractivity contribution in [2.75, 3.05) is 11.1 Å². The minimum absolute atomic E-state index is 0.0807. The molecule has 0 atom stereocenters. The molecule has 0 aliphatic rings. The standard InChI is InChI=1S/C13H10BrF3N2/c14-9-4-12(18)13(5-11(9)17)19-6-7-1-2-8(15)3-10(7)16/h1-5,19H,6,18H2. The molecule has 0 aromatic heterocycles. The van der Waals surface area contributed by atoms with Crippen molar-refractivity contribution >= 4 is 27.3 Å². The minimum atomic E-state index is -0.663. The van der Waals surface area contributed by atoms with E-state index in [1.165, 1.54) is 18.2 Å². The van der Waals surface area contributed by atoms with Crippen molar-refractivity contribution in [1.82, 2.24) is 0 Å². The lowest BCUT2D eigenvalue weighted by atomic mass is 10.2. The molecule has 19 heavy (non-hydrogen) atoms. The van der Waals surface area contributed by atoms with Crippen LogP contribution in [0.3, 0.4) is 0 Å². The topological polar surface area (TPSA) is 38.0 Å². The first kappa shape index (κ1) is 13.7. The maximum absolute atomic E-state index is 13.4. The van der Waals surface area contributed by atoms with Crippen LogP contribution in [0.4, 0.5) is 24.5 Å². The fourth-order valence-corrected chi connectivity index (χ4v) is 1.93. The van der Waals surface area contributed by atoms with E-state index in [9.17, 15) is 13.2 Å². The van der Waals surface area contributed by atoms with Crippen molar-refractivity contribution < 1.29 is 13.2 Å². The summed E-state index contributed by atoms with van der Waals surface area (Å²) >= 11 is 3.01. The molecule has 0 radical (unpaired) electrons. The second-order valence-corrected chi connectivity index (χ2v) is 4.80. The maximum Gasteiger partial charge on any atom is 0.139 e. The van der Waals surface area contributed by atoms with Crippen molar-refractivity contribution in [2.24, 2.45) is 0 Å². The van der Waals surface area contributed by atoms with E-state index in [1.54, 1.807) is 0 Å². The molecule has 0 bridgehead atoms. The SMILES string of the molecule is Nc1cc(Br)c(F)cc1NCc1ccc(F)cc1F. The molecule has 0 unspecified atom stereocenters. The van der Waals surface area contributed by atoms with E-state index in [4.69, 9.17) is 5.73 Å². The summed E-state index contributed by atoms with van der Waals surface area (Å²) in [7, 11) is 0. The first-order chi connectivity index (χ1) is 8.97. The summed E-state index contributed by atoms with van der Waals surface area (Å²) in [4.78, 5) is 0. The Hall–Kier alpha value is -1.69. The Morgan fingerprint density at radius 2 is 1.79 bits per heavy atom. The van der Waals surface area contributed by atoms with Gasteiger partial charge < -0.3 is 11.1 Å². The fourth-order valence-electron chi connectivity index (χ4n) is 1.57. The molecule has 2 aromatic carbocycles. The largest absolute Gasteiger partial charge is 0.397 e. The molecule has 0 heterocycles. The van der Waals surface area contributed by atoms with Gasteiger partial charge >= 0.3 is 0 Å². The number of nitrogens with two attached hydrogens (primary N) is 1. The molecule has 6 heteroatoms. The molecule has 2 rings (SSSR count). The molecule has 100 valence electrons. The number of anilines is 2. The first-order valence-electron chi connectivity index (χ1n) is 5.39. The van der Waals surface area contributed by atoms with E-state index in [0.717, 1.165) is 12.1 Å². The van der Waals surface area contributed by atoms with Gasteiger partial charge in [0, 0.05) is 24.2 Å². The highest BCUT2D eigenvalue weighted by molar-refractivity contribution is 9.10. The van der Waals surface area contributed by atoms with Gasteiger partial charge in [0.1, 0.15) is 17.5 Å². The third-order valence-corrected chi connectivity index (χ3v) is 3.18. The quantitative estimate of drug-likeness (QED) is 0.833. The van der Waals surface area contributed by atoms with Crippen LogP contribution in [0.1, 0.15) is 5.56 Å². The summed E-state index contributed by atoms with van der Waals surface area (Å²) in [6.07, 6.45) is 0. The number of nitrogen functional groups attached to an aromatic ring is 1. The Kier molecular flexibility index (Phi) is 3.99. The number of hydrogen-bond donors (Lipinski definition) is 2. The van der Waals surface area contributed by atoms with Crippen LogP contribution >= 0.6 is 15.9 Å². The van der Waals surface area contributed by atoms with E-state index in [2.05, 4.69) is 21.2 Å². The lowest BCUT2D eigenvalue weighted by molar-refractivity contribution is 0.574. The van der Waals surface area contributed by atoms with Gasteiger partial charge in [0.15, 0.2) is 0 Å². The van der Waals surface area contributed by atoms with Crippen molar-refractivity contribution in [2.45, 2.75) is 6.54 Å². The Labute approximate surface area is 116 Å². The molecule has 0 saturated heterocycles. The van der Waals surface area contributed by atoms with Crippen LogP contribution in [-0.4, -0.2) is 0 Å². The van der Waals surface area contributed by atoms with Gasteiger partial charge in [-0.3, -0.25) is 0 Å². The zero-order valence-electron chi connectivity index (χ0n) is 9.68. The van der Waals surface area contributed by atoms with Gasteiger partial charge in [0.25, 0.3) is 0 Å². The third kappa shape index (κ3) is 3.20. The van der Waals surface area contributed by atoms with Gasteiger partial charge in [-0.05, 0) is 28.1 Å². The van der Waals surface area contributed by atoms with Gasteiger partial charge in [0.05, 0.1) is 15.8 Å². The van der Waals surface area contributed by atoms with Crippen molar-refractivity contribution in [1.29, 1.82) is 0 Å². The average molecular weight is 331 g/mol. The number of hydrogen-bond acceptors (Lipinski definition) is 2. The van der Waals surface area contributed by atoms with Gasteiger partial charge in [-0.15, -0.1) is 0 Å². The van der Waals surface area contributed by atoms with Gasteiger partial charge in [0.2, 0.25) is 0 Å². The maximum atomic E-state index is 13.4. The molecular formula is C13H10BrF3N2. The Bertz CT molecular complexity index is 617. The summed E-state index contributed by atoms with van der Waals surface area (Å²) in [5.41, 5.74) is 6.65. The third-order valence-electron chi connectivity index (χ3n) is 2.58. The monoisotopic (exact) mass is 330 g/mol. The van der Waals surface area contributed by atoms with Crippen LogP contribution < -0.4 is 11.1 Å². The van der Waals surface area contributed by atoms with Crippen LogP contribution in [-0.2, 0) is 6.54 Å². The normalized spacial score (nSPS) is 10.5. The van der Waals surface area contributed by atoms with Gasteiger partial charge in [-0.25, -0.2) is 13.2 Å². The van der Waals surface area contributed by atoms with Crippen LogP contribution in [0.25, 0.3) is 0 Å². The molecule has 0 spiro atoms. The lowest BCUT2D eigenvalue weighted by Crippen LogP contribution is -2.05. The number of rotatable bonds is 3. The van der Waals surface area contributed by atoms with E-state index in [0.29, 0.717) is 11.4 Å². The Morgan fingerprint density at radius 3 is 2.47 bits per heavy atom. The Morgan fingerprint density at radius 1 is 1.05 bits per heavy atom. The van der Waals surface area contributed by atoms with Gasteiger partial charge in [-0.2, -0.15) is 0 Å². The molecule has 2 aromatic rings. The first-order valence-corrected chi connectivity index (χ1v) is 6.19. The number of nitrogens with one attached hydrogen (secondary N) is 1. The summed E-state index contributed by atoms with van der Waals surface area (Å²) in [5, 5.41) is 2.81. The van der Waals surface area contributed by atoms with Crippen molar-refractivity contribution in [3.63, 3.8) is 0 Å². The lowest BCUT2D eigenvalue weighted by Gasteiger charge is -2.11. The molecule has 0 aliphatic heterocycles. The molecule has 0 fully saturated rings. The minimum Gasteiger partial charge on any atom is -0.397 e. The fraction of sp³-hybridized carbons (Fsp3) is 0.0769. The highest BCUT2D eigenvalue weighted by atomic mass is 79.9. The van der Waals surface area contributed by atoms with Crippen LogP contribution in [0.5, 0.6) is 0 Å². The molecule has 0 aliphatic carbocycles. The zero-order valence-corrected chi connectivity index (χ0v) is 11.3. The van der Waals surface area contributed by atoms with Crippen molar-refractivity contribution in [3.8, 4) is 0 Å². The molecule has 0 amide bonds. The number of halogens is 4. The van der Waals surface area contributed by atoms with Gasteiger partial charge in [-0.1, -0.05) is 6.07 Å². The summed E-state index contributed by atoms with van der Waals surface area (Å²) in [6.45, 7) is 0.0807. The second kappa shape index (κ2) is 5.52. The van der Waals surface area contributed by atoms with Crippen molar-refractivity contribution in [3.05, 3.63) is 57.8 Å². The molecule has 2 nitrogen and oxygen atoms in total. The molecular weight excluding hydrogens is 321 g/mol. The van der Waals surface area contributed by atoms with Crippen LogP contribution in [0.15, 0.2) is 34.8 Å². The second-order valence-electron chi connectivity index (χ2n) is 3.94. The highest BCUT2D eigenvalue weighted by Crippen LogP contribution is 2.27. The smallest absolute Gasteiger partial charge is 0.139 e. The number of benzene rings is 2. The predicted octanol–water partition coefficient (Wildman–Crippen LogP) is 4.06. The summed E-state index contributed by atoms with van der Waals surface area (Å²) in [6, 6.07) is 5.90. The van der Waals surface area contributed by atoms with Crippen LogP contribution in [0, 0.1) is 17.5 Å². The van der Waals surface area contributed by atoms with Crippen LogP contribution in [0.2, 0.25) is 0 Å². The van der Waals surface area contributed by atoms with E-state index in [1.807, 2.05) is 0 Å². The summed E-state index contributed by atoms with van der Waals surface area (Å²) < 4.78 is 39.7. The zero-order chi connectivity index (χ0) is 14.0. The summed E-state index contributed by atoms with van der Waals surface area (Å²) in [5.74, 6) is -1.78. The van der Waals surface area contributed by atoms with E-state index < -0.39 is 17.5 Å². The molecule has 3 N–H and O–H groups in total. The van der Waals surface area contributed by atoms with E-state index >= 15 is 0 Å². The average Bonchev–Trinajstić information content (AvgIpc) is 2.34. The van der Waals surface area contributed by atoms with E-state index in [-0.39, 0.29) is 16.6 Å². The predicted molar refractivity (Wildman–Crippen MR) is 72.2 cm³/mol. The Balaban J connectivity index is 2.16. The highest BCUT2D eigenvalue weighted by Gasteiger charge is 2.08. The molecule has 0 saturated carbocycles.